The van der Waals surface area contributed by atoms with Gasteiger partial charge in [0.2, 0.25) is 5.91 Å². The molecule has 1 fully saturated rings. The molecule has 3 atom stereocenters. The molecule has 1 saturated carbocycles. The number of carboxylic acids is 1. The third-order valence-electron chi connectivity index (χ3n) is 7.03. The average Bonchev–Trinajstić information content (AvgIpc) is 3.26. The summed E-state index contributed by atoms with van der Waals surface area (Å²) in [4.78, 5) is 28.6. The molecule has 4 rings (SSSR count). The van der Waals surface area contributed by atoms with Crippen LogP contribution < -0.4 is 5.32 Å². The van der Waals surface area contributed by atoms with Crippen LogP contribution in [-0.2, 0) is 22.4 Å². The molecule has 1 heterocycles. The van der Waals surface area contributed by atoms with Crippen molar-refractivity contribution in [1.82, 2.24) is 10.3 Å². The summed E-state index contributed by atoms with van der Waals surface area (Å²) < 4.78 is 0. The number of aliphatic carboxylic acids is 1. The minimum absolute atomic E-state index is 0.0211. The van der Waals surface area contributed by atoms with Crippen molar-refractivity contribution in [2.24, 2.45) is 11.8 Å². The molecule has 2 aromatic carbocycles. The van der Waals surface area contributed by atoms with Gasteiger partial charge in [-0.05, 0) is 48.4 Å². The summed E-state index contributed by atoms with van der Waals surface area (Å²) >= 11 is 0. The van der Waals surface area contributed by atoms with Gasteiger partial charge in [0.15, 0.2) is 0 Å². The maximum absolute atomic E-state index is 13.4. The number of aliphatic hydroxyl groups excluding tert-OH is 1. The number of phenolic OH excluding ortho intramolecular Hbond substituents is 1. The number of para-hydroxylation sites is 2. The van der Waals surface area contributed by atoms with Crippen LogP contribution in [0, 0.1) is 11.8 Å². The topological polar surface area (TPSA) is 123 Å². The van der Waals surface area contributed by atoms with Crippen molar-refractivity contribution in [1.29, 1.82) is 0 Å². The summed E-state index contributed by atoms with van der Waals surface area (Å²) in [5.41, 5.74) is 2.26. The van der Waals surface area contributed by atoms with Gasteiger partial charge >= 0.3 is 5.97 Å². The summed E-state index contributed by atoms with van der Waals surface area (Å²) in [7, 11) is 0. The summed E-state index contributed by atoms with van der Waals surface area (Å²) in [6, 6.07) is 13.2. The van der Waals surface area contributed by atoms with E-state index in [9.17, 15) is 24.9 Å². The van der Waals surface area contributed by atoms with Crippen LogP contribution in [0.5, 0.6) is 5.75 Å². The molecule has 7 nitrogen and oxygen atoms in total. The largest absolute Gasteiger partial charge is 0.508 e. The Bertz CT molecular complexity index is 1130. The van der Waals surface area contributed by atoms with Crippen LogP contribution in [0.25, 0.3) is 10.9 Å². The van der Waals surface area contributed by atoms with Gasteiger partial charge < -0.3 is 25.6 Å². The lowest BCUT2D eigenvalue weighted by molar-refractivity contribution is -0.143. The van der Waals surface area contributed by atoms with Crippen LogP contribution in [0.2, 0.25) is 0 Å². The number of aromatic hydroxyl groups is 1. The van der Waals surface area contributed by atoms with Crippen LogP contribution in [0.1, 0.15) is 43.2 Å². The average molecular weight is 465 g/mol. The minimum atomic E-state index is -1.14. The number of rotatable bonds is 9. The van der Waals surface area contributed by atoms with Gasteiger partial charge in [-0.2, -0.15) is 0 Å². The predicted octanol–water partition coefficient (Wildman–Crippen LogP) is 3.79. The van der Waals surface area contributed by atoms with Crippen molar-refractivity contribution in [2.45, 2.75) is 57.1 Å². The fourth-order valence-electron chi connectivity index (χ4n) is 5.09. The molecule has 34 heavy (non-hydrogen) atoms. The summed E-state index contributed by atoms with van der Waals surface area (Å²) in [5.74, 6) is -2.46. The van der Waals surface area contributed by atoms with Gasteiger partial charge in [0.05, 0.1) is 12.0 Å². The molecule has 180 valence electrons. The van der Waals surface area contributed by atoms with Crippen molar-refractivity contribution >= 4 is 22.8 Å². The van der Waals surface area contributed by atoms with Crippen LogP contribution in [0.15, 0.2) is 54.7 Å². The van der Waals surface area contributed by atoms with E-state index < -0.39 is 29.9 Å². The molecule has 1 aromatic heterocycles. The molecule has 1 amide bonds. The Kier molecular flexibility index (Phi) is 7.53. The number of aromatic amines is 1. The summed E-state index contributed by atoms with van der Waals surface area (Å²) in [6.45, 7) is 0. The standard InChI is InChI=1S/C27H32N2O5/c30-24-13-7-4-10-18(24)14-21(25(31)17-8-2-1-3-9-17)26(32)29-23(27(33)34)15-19-16-28-22-12-6-5-11-20(19)22/h4-7,10-13,16-17,21,23,25,28,30-31H,1-3,8-9,14-15H2,(H,29,32)(H,33,34)/t21?,23-,25?/m0/s1. The van der Waals surface area contributed by atoms with Gasteiger partial charge in [0, 0.05) is 23.5 Å². The Morgan fingerprint density at radius 3 is 2.41 bits per heavy atom. The Labute approximate surface area is 198 Å². The van der Waals surface area contributed by atoms with Crippen LogP contribution in [-0.4, -0.2) is 44.3 Å². The molecule has 0 aliphatic heterocycles. The molecule has 2 unspecified atom stereocenters. The highest BCUT2D eigenvalue weighted by Crippen LogP contribution is 2.32. The number of phenols is 1. The molecule has 5 N–H and O–H groups in total. The number of carbonyl (C=O) groups excluding carboxylic acids is 1. The molecule has 0 saturated heterocycles. The summed E-state index contributed by atoms with van der Waals surface area (Å²) in [5, 5.41) is 34.9. The predicted molar refractivity (Wildman–Crippen MR) is 129 cm³/mol. The molecular formula is C27H32N2O5. The number of fused-ring (bicyclic) bond motifs is 1. The van der Waals surface area contributed by atoms with E-state index in [1.165, 1.54) is 0 Å². The van der Waals surface area contributed by atoms with E-state index in [4.69, 9.17) is 0 Å². The van der Waals surface area contributed by atoms with Gasteiger partial charge in [-0.3, -0.25) is 4.79 Å². The lowest BCUT2D eigenvalue weighted by Gasteiger charge is -2.32. The van der Waals surface area contributed by atoms with Gasteiger partial charge in [-0.15, -0.1) is 0 Å². The maximum Gasteiger partial charge on any atom is 0.326 e. The number of aromatic nitrogens is 1. The van der Waals surface area contributed by atoms with Crippen LogP contribution in [0.3, 0.4) is 0 Å². The van der Waals surface area contributed by atoms with Gasteiger partial charge in [0.1, 0.15) is 11.8 Å². The molecule has 1 aliphatic carbocycles. The lowest BCUT2D eigenvalue weighted by atomic mass is 9.78. The van der Waals surface area contributed by atoms with Crippen molar-refractivity contribution in [2.75, 3.05) is 0 Å². The number of nitrogens with one attached hydrogen (secondary N) is 2. The van der Waals surface area contributed by atoms with Crippen molar-refractivity contribution in [3.8, 4) is 5.75 Å². The quantitative estimate of drug-likeness (QED) is 0.330. The number of carboxylic acid groups (broad SMARTS) is 1. The zero-order chi connectivity index (χ0) is 24.1. The van der Waals surface area contributed by atoms with E-state index in [1.807, 2.05) is 24.3 Å². The number of hydrogen-bond donors (Lipinski definition) is 5. The minimum Gasteiger partial charge on any atom is -0.508 e. The van der Waals surface area contributed by atoms with E-state index in [0.717, 1.165) is 48.6 Å². The van der Waals surface area contributed by atoms with Crippen molar-refractivity contribution in [3.63, 3.8) is 0 Å². The first-order valence-electron chi connectivity index (χ1n) is 12.0. The van der Waals surface area contributed by atoms with Gasteiger partial charge in [-0.25, -0.2) is 4.79 Å². The third-order valence-corrected chi connectivity index (χ3v) is 7.03. The Hall–Kier alpha value is -3.32. The Morgan fingerprint density at radius 1 is 0.971 bits per heavy atom. The smallest absolute Gasteiger partial charge is 0.326 e. The second-order valence-electron chi connectivity index (χ2n) is 9.29. The third kappa shape index (κ3) is 5.42. The SMILES string of the molecule is O=C(N[C@@H](Cc1c[nH]c2ccccc12)C(=O)O)C(Cc1ccccc1O)C(O)C1CCCCC1. The maximum atomic E-state index is 13.4. The molecule has 7 heteroatoms. The highest BCUT2D eigenvalue weighted by Gasteiger charge is 2.36. The molecule has 3 aromatic rings. The lowest BCUT2D eigenvalue weighted by Crippen LogP contribution is -2.49. The first kappa shape index (κ1) is 23.8. The number of aliphatic hydroxyl groups is 1. The number of carbonyl (C=O) groups is 2. The van der Waals surface area contributed by atoms with Crippen molar-refractivity contribution < 1.29 is 24.9 Å². The fourth-order valence-corrected chi connectivity index (χ4v) is 5.09. The molecule has 1 aliphatic rings. The van der Waals surface area contributed by atoms with E-state index >= 15 is 0 Å². The fraction of sp³-hybridized carbons (Fsp3) is 0.407. The first-order valence-corrected chi connectivity index (χ1v) is 12.0. The van der Waals surface area contributed by atoms with E-state index in [-0.39, 0.29) is 24.5 Å². The normalized spacial score (nSPS) is 17.2. The van der Waals surface area contributed by atoms with Gasteiger partial charge in [0.25, 0.3) is 0 Å². The molecular weight excluding hydrogens is 432 g/mol. The zero-order valence-electron chi connectivity index (χ0n) is 19.1. The monoisotopic (exact) mass is 464 g/mol. The second-order valence-corrected chi connectivity index (χ2v) is 9.29. The van der Waals surface area contributed by atoms with Gasteiger partial charge in [-0.1, -0.05) is 55.7 Å². The van der Waals surface area contributed by atoms with E-state index in [0.29, 0.717) is 5.56 Å². The second kappa shape index (κ2) is 10.7. The molecule has 0 bridgehead atoms. The molecule has 0 radical (unpaired) electrons. The highest BCUT2D eigenvalue weighted by molar-refractivity contribution is 5.87. The van der Waals surface area contributed by atoms with Crippen LogP contribution in [0.4, 0.5) is 0 Å². The number of benzene rings is 2. The van der Waals surface area contributed by atoms with E-state index in [2.05, 4.69) is 10.3 Å². The van der Waals surface area contributed by atoms with Crippen molar-refractivity contribution in [3.05, 3.63) is 65.9 Å². The molecule has 0 spiro atoms. The number of hydrogen-bond acceptors (Lipinski definition) is 4. The zero-order valence-corrected chi connectivity index (χ0v) is 19.1. The highest BCUT2D eigenvalue weighted by atomic mass is 16.4. The first-order chi connectivity index (χ1) is 16.4. The summed E-state index contributed by atoms with van der Waals surface area (Å²) in [6.07, 6.45) is 5.91. The van der Waals surface area contributed by atoms with Crippen LogP contribution >= 0.6 is 0 Å². The number of amides is 1. The number of H-pyrrole nitrogens is 1. The Morgan fingerprint density at radius 2 is 1.68 bits per heavy atom. The van der Waals surface area contributed by atoms with E-state index in [1.54, 1.807) is 30.5 Å². The Balaban J connectivity index is 1.55.